The van der Waals surface area contributed by atoms with Crippen LogP contribution in [0.3, 0.4) is 0 Å². The number of hydrogen-bond acceptors (Lipinski definition) is 14. The first-order valence-electron chi connectivity index (χ1n) is 16.3. The molecular weight excluding hydrogens is 745 g/mol. The second kappa shape index (κ2) is 21.9. The Kier molecular flexibility index (Phi) is 18.1. The van der Waals surface area contributed by atoms with Crippen molar-refractivity contribution in [2.24, 2.45) is 0 Å². The van der Waals surface area contributed by atoms with Gasteiger partial charge in [-0.25, -0.2) is 19.2 Å². The number of hydrogen-bond donors (Lipinski definition) is 0. The van der Waals surface area contributed by atoms with Gasteiger partial charge in [-0.3, -0.25) is 0 Å². The standard InChI is InChI=1S/C38H46O10S4/c1-23(2)27(7)43-9-11-45-35(39)31-13-33(37(41)47-29-19-49-15-25(5)16-50-20-29)34(38(42)48-30-21-51-17-26(6)18-52-22-30)14-32(31)36(40)46-12-10-44-28(8)24(3)4/h13-14,29-30H,1,3,5-12,15-22H2,2,4H3. The van der Waals surface area contributed by atoms with E-state index in [2.05, 4.69) is 39.5 Å². The lowest BCUT2D eigenvalue weighted by atomic mass is 9.97. The first-order valence-corrected chi connectivity index (χ1v) is 20.9. The van der Waals surface area contributed by atoms with Gasteiger partial charge in [0.25, 0.3) is 0 Å². The normalized spacial score (nSPS) is 15.8. The van der Waals surface area contributed by atoms with Gasteiger partial charge >= 0.3 is 23.9 Å². The number of esters is 4. The summed E-state index contributed by atoms with van der Waals surface area (Å²) in [6.45, 7) is 26.0. The van der Waals surface area contributed by atoms with Crippen molar-refractivity contribution < 1.29 is 47.6 Å². The van der Waals surface area contributed by atoms with E-state index in [1.54, 1.807) is 60.9 Å². The molecule has 0 unspecified atom stereocenters. The number of benzene rings is 1. The summed E-state index contributed by atoms with van der Waals surface area (Å²) in [5.41, 5.74) is 2.26. The molecule has 2 fully saturated rings. The van der Waals surface area contributed by atoms with Crippen molar-refractivity contribution in [2.45, 2.75) is 26.1 Å². The van der Waals surface area contributed by atoms with Crippen molar-refractivity contribution in [3.8, 4) is 0 Å². The van der Waals surface area contributed by atoms with Gasteiger partial charge in [0.2, 0.25) is 0 Å². The number of carbonyl (C=O) groups is 4. The van der Waals surface area contributed by atoms with Crippen LogP contribution in [0.15, 0.2) is 85.4 Å². The van der Waals surface area contributed by atoms with E-state index in [0.29, 0.717) is 45.7 Å². The summed E-state index contributed by atoms with van der Waals surface area (Å²) >= 11 is 6.36. The molecule has 0 radical (unpaired) electrons. The molecule has 1 aromatic rings. The van der Waals surface area contributed by atoms with Crippen LogP contribution >= 0.6 is 47.0 Å². The molecule has 282 valence electrons. The van der Waals surface area contributed by atoms with Crippen LogP contribution in [-0.4, -0.2) is 109 Å². The van der Waals surface area contributed by atoms with Crippen molar-refractivity contribution in [1.82, 2.24) is 0 Å². The van der Waals surface area contributed by atoms with Gasteiger partial charge in [-0.1, -0.05) is 50.6 Å². The van der Waals surface area contributed by atoms with E-state index in [-0.39, 0.29) is 48.7 Å². The number of allylic oxidation sites excluding steroid dienone is 2. The Morgan fingerprint density at radius 2 is 0.827 bits per heavy atom. The van der Waals surface area contributed by atoms with Crippen LogP contribution < -0.4 is 0 Å². The molecule has 0 bridgehead atoms. The van der Waals surface area contributed by atoms with Crippen molar-refractivity contribution in [2.75, 3.05) is 72.5 Å². The van der Waals surface area contributed by atoms with E-state index in [1.165, 1.54) is 0 Å². The summed E-state index contributed by atoms with van der Waals surface area (Å²) in [5.74, 6) is 1.98. The summed E-state index contributed by atoms with van der Waals surface area (Å²) in [5, 5.41) is 0. The fourth-order valence-electron chi connectivity index (χ4n) is 4.36. The highest BCUT2D eigenvalue weighted by molar-refractivity contribution is 8.01. The molecule has 2 heterocycles. The molecule has 10 nitrogen and oxygen atoms in total. The Morgan fingerprint density at radius 1 is 0.538 bits per heavy atom. The first-order chi connectivity index (χ1) is 24.8. The van der Waals surface area contributed by atoms with Crippen LogP contribution in [0.4, 0.5) is 0 Å². The van der Waals surface area contributed by atoms with E-state index in [0.717, 1.165) is 46.3 Å². The maximum Gasteiger partial charge on any atom is 0.339 e. The first kappa shape index (κ1) is 42.9. The highest BCUT2D eigenvalue weighted by atomic mass is 32.2. The Labute approximate surface area is 323 Å². The molecule has 52 heavy (non-hydrogen) atoms. The minimum Gasteiger partial charge on any atom is -0.490 e. The van der Waals surface area contributed by atoms with Gasteiger partial charge in [0.1, 0.15) is 50.2 Å². The third kappa shape index (κ3) is 14.2. The Bertz CT molecular complexity index is 1440. The van der Waals surface area contributed by atoms with E-state index < -0.39 is 36.1 Å². The molecule has 0 aromatic heterocycles. The summed E-state index contributed by atoms with van der Waals surface area (Å²) in [4.78, 5) is 54.9. The average Bonchev–Trinajstić information content (AvgIpc) is 3.08. The number of thioether (sulfide) groups is 4. The molecule has 14 heteroatoms. The average molecular weight is 791 g/mol. The minimum absolute atomic E-state index is 0.0470. The third-order valence-corrected chi connectivity index (χ3v) is 12.0. The largest absolute Gasteiger partial charge is 0.490 e. The van der Waals surface area contributed by atoms with Gasteiger partial charge in [0, 0.05) is 46.0 Å². The molecule has 2 saturated heterocycles. The maximum atomic E-state index is 13.9. The van der Waals surface area contributed by atoms with Crippen LogP contribution in [0.1, 0.15) is 55.3 Å². The second-order valence-corrected chi connectivity index (χ2v) is 16.1. The minimum atomic E-state index is -0.957. The van der Waals surface area contributed by atoms with Gasteiger partial charge in [0.15, 0.2) is 0 Å². The van der Waals surface area contributed by atoms with Gasteiger partial charge in [-0.2, -0.15) is 47.0 Å². The molecule has 0 amide bonds. The van der Waals surface area contributed by atoms with Gasteiger partial charge in [-0.15, -0.1) is 0 Å². The van der Waals surface area contributed by atoms with Crippen LogP contribution in [0.2, 0.25) is 0 Å². The Hall–Kier alpha value is -3.46. The summed E-state index contributed by atoms with van der Waals surface area (Å²) < 4.78 is 33.6. The summed E-state index contributed by atoms with van der Waals surface area (Å²) in [6, 6.07) is 2.25. The van der Waals surface area contributed by atoms with Crippen molar-refractivity contribution in [1.29, 1.82) is 0 Å². The van der Waals surface area contributed by atoms with Crippen LogP contribution in [0.25, 0.3) is 0 Å². The van der Waals surface area contributed by atoms with Crippen molar-refractivity contribution in [3.63, 3.8) is 0 Å². The second-order valence-electron chi connectivity index (χ2n) is 11.9. The quantitative estimate of drug-likeness (QED) is 0.0414. The molecule has 0 saturated carbocycles. The van der Waals surface area contributed by atoms with E-state index in [4.69, 9.17) is 28.4 Å². The third-order valence-electron chi connectivity index (χ3n) is 7.16. The number of carbonyl (C=O) groups excluding carboxylic acids is 4. The molecule has 1 aromatic carbocycles. The van der Waals surface area contributed by atoms with Gasteiger partial charge in [0.05, 0.1) is 22.3 Å². The van der Waals surface area contributed by atoms with Crippen molar-refractivity contribution >= 4 is 70.9 Å². The molecule has 2 aliphatic rings. The van der Waals surface area contributed by atoms with E-state index in [9.17, 15) is 19.2 Å². The van der Waals surface area contributed by atoms with Crippen molar-refractivity contribution in [3.05, 3.63) is 108 Å². The molecular formula is C38H46O10S4. The molecule has 0 aliphatic carbocycles. The van der Waals surface area contributed by atoms with E-state index in [1.807, 2.05) is 0 Å². The lowest BCUT2D eigenvalue weighted by Gasteiger charge is -2.23. The monoisotopic (exact) mass is 790 g/mol. The van der Waals surface area contributed by atoms with E-state index >= 15 is 0 Å². The number of ether oxygens (including phenoxy) is 6. The maximum absolute atomic E-state index is 13.9. The van der Waals surface area contributed by atoms with Gasteiger partial charge in [-0.05, 0) is 37.1 Å². The molecule has 0 atom stereocenters. The zero-order valence-electron chi connectivity index (χ0n) is 29.8. The fraction of sp³-hybridized carbons (Fsp3) is 0.421. The topological polar surface area (TPSA) is 124 Å². The predicted molar refractivity (Wildman–Crippen MR) is 213 cm³/mol. The fourth-order valence-corrected chi connectivity index (χ4v) is 8.75. The lowest BCUT2D eigenvalue weighted by molar-refractivity contribution is 0.0335. The van der Waals surface area contributed by atoms with Crippen LogP contribution in [-0.2, 0) is 28.4 Å². The Balaban J connectivity index is 1.98. The van der Waals surface area contributed by atoms with Gasteiger partial charge < -0.3 is 28.4 Å². The van der Waals surface area contributed by atoms with Crippen LogP contribution in [0.5, 0.6) is 0 Å². The van der Waals surface area contributed by atoms with Crippen LogP contribution in [0, 0.1) is 0 Å². The molecule has 2 aliphatic heterocycles. The lowest BCUT2D eigenvalue weighted by Crippen LogP contribution is -2.29. The molecule has 3 rings (SSSR count). The Morgan fingerprint density at radius 3 is 1.13 bits per heavy atom. The zero-order valence-corrected chi connectivity index (χ0v) is 33.0. The number of rotatable bonds is 16. The molecule has 0 N–H and O–H groups in total. The highest BCUT2D eigenvalue weighted by Gasteiger charge is 2.31. The summed E-state index contributed by atoms with van der Waals surface area (Å²) in [7, 11) is 0. The SMILES string of the molecule is C=C1CSCC(OC(=O)c2cc(C(=O)OCCOC(=C)C(=C)C)c(C(=O)OCCOC(=C)C(=C)C)cc2C(=O)OC2CSCC(=C)CSC2)CSC1. The zero-order chi connectivity index (χ0) is 38.2. The molecule has 0 spiro atoms. The smallest absolute Gasteiger partial charge is 0.339 e. The summed E-state index contributed by atoms with van der Waals surface area (Å²) in [6.07, 6.45) is -0.975. The predicted octanol–water partition coefficient (Wildman–Crippen LogP) is 7.34. The highest BCUT2D eigenvalue weighted by Crippen LogP contribution is 2.27.